The fourth-order valence-electron chi connectivity index (χ4n) is 7.82. The molecule has 0 fully saturated rings. The molecule has 0 heterocycles. The molecule has 8 aromatic rings. The number of anilines is 2. The molecule has 8 rings (SSSR count). The quantitative estimate of drug-likeness (QED) is 0.0924. The molecule has 1 N–H and O–H groups in total. The van der Waals surface area contributed by atoms with Crippen LogP contribution in [0.4, 0.5) is 11.4 Å². The minimum absolute atomic E-state index is 0.321. The Balaban J connectivity index is 0.000000182. The SMILES string of the molecule is CN(C)c1ccc(C=O)cc1.CN(C)c1ccc(CN(Cc2ccccc2)CC(c2ccccc2)c2ccccc2)cc1.c1ccc(CNCC(c2ccccc2)c2ccccc2)cc1. The van der Waals surface area contributed by atoms with Crippen molar-refractivity contribution in [3.63, 3.8) is 0 Å². The standard InChI is InChI=1S/C30H32N2.C21H21N.C9H11NO/c1-31(2)29-20-18-26(19-21-29)23-32(22-25-12-6-3-7-13-25)24-30(27-14-8-4-9-15-27)28-16-10-5-11-17-28;1-4-10-18(11-5-1)16-22-17-21(19-12-6-2-7-13-19)20-14-8-3-9-15-20;1-10(2)9-5-3-8(7-11)4-6-9/h3-21,30H,22-24H2,1-2H3;1-15,21-22H,16-17H2;3-7H,1-2H3. The van der Waals surface area contributed by atoms with Gasteiger partial charge < -0.3 is 15.1 Å². The van der Waals surface area contributed by atoms with E-state index in [2.05, 4.69) is 235 Å². The van der Waals surface area contributed by atoms with Crippen LogP contribution in [0.2, 0.25) is 0 Å². The second kappa shape index (κ2) is 25.9. The molecule has 0 unspecified atom stereocenters. The number of hydrogen-bond acceptors (Lipinski definition) is 5. The summed E-state index contributed by atoms with van der Waals surface area (Å²) in [5.41, 5.74) is 12.5. The van der Waals surface area contributed by atoms with E-state index in [1.807, 2.05) is 43.3 Å². The van der Waals surface area contributed by atoms with Crippen LogP contribution in [0.15, 0.2) is 231 Å². The van der Waals surface area contributed by atoms with Gasteiger partial charge in [-0.3, -0.25) is 9.69 Å². The Morgan fingerprint density at radius 3 is 1.12 bits per heavy atom. The van der Waals surface area contributed by atoms with E-state index in [-0.39, 0.29) is 0 Å². The number of aldehydes is 1. The maximum absolute atomic E-state index is 10.3. The lowest BCUT2D eigenvalue weighted by Crippen LogP contribution is -2.28. The second-order valence-corrected chi connectivity index (χ2v) is 16.7. The monoisotopic (exact) mass is 857 g/mol. The largest absolute Gasteiger partial charge is 0.378 e. The normalized spacial score (nSPS) is 10.7. The zero-order chi connectivity index (χ0) is 45.5. The summed E-state index contributed by atoms with van der Waals surface area (Å²) in [5, 5.41) is 3.60. The smallest absolute Gasteiger partial charge is 0.150 e. The van der Waals surface area contributed by atoms with Crippen LogP contribution in [0.3, 0.4) is 0 Å². The van der Waals surface area contributed by atoms with Crippen molar-refractivity contribution < 1.29 is 4.79 Å². The number of nitrogens with one attached hydrogen (secondary N) is 1. The molecule has 0 bridgehead atoms. The molecule has 5 heteroatoms. The highest BCUT2D eigenvalue weighted by molar-refractivity contribution is 5.75. The Hall–Kier alpha value is -7.05. The van der Waals surface area contributed by atoms with E-state index in [0.29, 0.717) is 11.8 Å². The van der Waals surface area contributed by atoms with Gasteiger partial charge in [-0.15, -0.1) is 0 Å². The number of carbonyl (C=O) groups is 1. The average molecular weight is 857 g/mol. The fourth-order valence-corrected chi connectivity index (χ4v) is 7.82. The third-order valence-electron chi connectivity index (χ3n) is 11.4. The zero-order valence-electron chi connectivity index (χ0n) is 38.5. The first-order valence-electron chi connectivity index (χ1n) is 22.6. The number of carbonyl (C=O) groups excluding carboxylic acids is 1. The van der Waals surface area contributed by atoms with Crippen molar-refractivity contribution in [3.05, 3.63) is 275 Å². The van der Waals surface area contributed by atoms with Gasteiger partial charge in [0, 0.05) is 89.7 Å². The van der Waals surface area contributed by atoms with E-state index in [1.54, 1.807) is 0 Å². The van der Waals surface area contributed by atoms with Crippen LogP contribution >= 0.6 is 0 Å². The summed E-state index contributed by atoms with van der Waals surface area (Å²) < 4.78 is 0. The lowest BCUT2D eigenvalue weighted by molar-refractivity contribution is 0.112. The van der Waals surface area contributed by atoms with Crippen LogP contribution in [0.1, 0.15) is 61.1 Å². The Morgan fingerprint density at radius 2 is 0.738 bits per heavy atom. The van der Waals surface area contributed by atoms with Gasteiger partial charge in [0.25, 0.3) is 0 Å². The van der Waals surface area contributed by atoms with E-state index in [0.717, 1.165) is 50.3 Å². The molecule has 0 aliphatic heterocycles. The number of benzene rings is 8. The van der Waals surface area contributed by atoms with Gasteiger partial charge in [0.15, 0.2) is 0 Å². The second-order valence-electron chi connectivity index (χ2n) is 16.7. The lowest BCUT2D eigenvalue weighted by Gasteiger charge is -2.29. The van der Waals surface area contributed by atoms with Crippen LogP contribution in [0.25, 0.3) is 0 Å². The molecule has 0 aliphatic rings. The summed E-state index contributed by atoms with van der Waals surface area (Å²) in [5.74, 6) is 0.702. The van der Waals surface area contributed by atoms with Crippen LogP contribution in [0.5, 0.6) is 0 Å². The van der Waals surface area contributed by atoms with Gasteiger partial charge in [-0.05, 0) is 75.3 Å². The molecule has 0 atom stereocenters. The first-order chi connectivity index (χ1) is 31.9. The van der Waals surface area contributed by atoms with Crippen LogP contribution < -0.4 is 15.1 Å². The van der Waals surface area contributed by atoms with E-state index in [4.69, 9.17) is 0 Å². The topological polar surface area (TPSA) is 38.8 Å². The number of rotatable bonds is 17. The molecule has 5 nitrogen and oxygen atoms in total. The summed E-state index contributed by atoms with van der Waals surface area (Å²) in [4.78, 5) is 17.0. The van der Waals surface area contributed by atoms with E-state index >= 15 is 0 Å². The minimum atomic E-state index is 0.321. The van der Waals surface area contributed by atoms with Gasteiger partial charge in [0.1, 0.15) is 6.29 Å². The van der Waals surface area contributed by atoms with Crippen LogP contribution in [-0.4, -0.2) is 52.5 Å². The average Bonchev–Trinajstić information content (AvgIpc) is 3.37. The zero-order valence-corrected chi connectivity index (χ0v) is 38.5. The highest BCUT2D eigenvalue weighted by Gasteiger charge is 2.19. The lowest BCUT2D eigenvalue weighted by atomic mass is 9.90. The van der Waals surface area contributed by atoms with Gasteiger partial charge in [0.2, 0.25) is 0 Å². The van der Waals surface area contributed by atoms with Gasteiger partial charge in [0.05, 0.1) is 0 Å². The molecule has 0 saturated carbocycles. The highest BCUT2D eigenvalue weighted by atomic mass is 16.1. The van der Waals surface area contributed by atoms with Crippen molar-refractivity contribution in [1.29, 1.82) is 0 Å². The van der Waals surface area contributed by atoms with E-state index < -0.39 is 0 Å². The minimum Gasteiger partial charge on any atom is -0.378 e. The predicted molar refractivity (Wildman–Crippen MR) is 275 cm³/mol. The van der Waals surface area contributed by atoms with E-state index in [9.17, 15) is 4.79 Å². The molecular formula is C60H64N4O. The summed E-state index contributed by atoms with van der Waals surface area (Å²) in [7, 11) is 8.11. The summed E-state index contributed by atoms with van der Waals surface area (Å²) in [6, 6.07) is 81.0. The van der Waals surface area contributed by atoms with Crippen molar-refractivity contribution in [2.75, 3.05) is 51.1 Å². The predicted octanol–water partition coefficient (Wildman–Crippen LogP) is 12.8. The molecule has 0 radical (unpaired) electrons. The molecule has 0 amide bonds. The van der Waals surface area contributed by atoms with Crippen LogP contribution in [-0.2, 0) is 19.6 Å². The van der Waals surface area contributed by atoms with Crippen molar-refractivity contribution in [1.82, 2.24) is 10.2 Å². The Kier molecular flexibility index (Phi) is 18.9. The molecule has 8 aromatic carbocycles. The van der Waals surface area contributed by atoms with Crippen molar-refractivity contribution >= 4 is 17.7 Å². The molecule has 65 heavy (non-hydrogen) atoms. The maximum Gasteiger partial charge on any atom is 0.150 e. The fraction of sp³-hybridized carbons (Fsp3) is 0.183. The maximum atomic E-state index is 10.3. The first-order valence-corrected chi connectivity index (χ1v) is 22.6. The summed E-state index contributed by atoms with van der Waals surface area (Å²) in [6.07, 6.45) is 0.847. The van der Waals surface area contributed by atoms with E-state index in [1.165, 1.54) is 44.6 Å². The van der Waals surface area contributed by atoms with Crippen molar-refractivity contribution in [2.45, 2.75) is 31.5 Å². The molecular weight excluding hydrogens is 793 g/mol. The number of hydrogen-bond donors (Lipinski definition) is 1. The molecule has 0 aromatic heterocycles. The third kappa shape index (κ3) is 15.6. The number of nitrogens with zero attached hydrogens (tertiary/aromatic N) is 3. The van der Waals surface area contributed by atoms with Gasteiger partial charge in [-0.2, -0.15) is 0 Å². The van der Waals surface area contributed by atoms with Gasteiger partial charge in [-0.1, -0.05) is 194 Å². The molecule has 0 aliphatic carbocycles. The first kappa shape index (κ1) is 47.4. The van der Waals surface area contributed by atoms with Gasteiger partial charge >= 0.3 is 0 Å². The molecule has 0 spiro atoms. The Morgan fingerprint density at radius 1 is 0.400 bits per heavy atom. The molecule has 0 saturated heterocycles. The van der Waals surface area contributed by atoms with Crippen molar-refractivity contribution in [3.8, 4) is 0 Å². The summed E-state index contributed by atoms with van der Waals surface area (Å²) >= 11 is 0. The Bertz CT molecular complexity index is 2400. The van der Waals surface area contributed by atoms with Crippen LogP contribution in [0, 0.1) is 0 Å². The summed E-state index contributed by atoms with van der Waals surface area (Å²) in [6.45, 7) is 4.63. The molecule has 330 valence electrons. The highest BCUT2D eigenvalue weighted by Crippen LogP contribution is 2.28. The third-order valence-corrected chi connectivity index (χ3v) is 11.4. The van der Waals surface area contributed by atoms with Crippen molar-refractivity contribution in [2.24, 2.45) is 0 Å². The Labute approximate surface area is 388 Å². The van der Waals surface area contributed by atoms with Gasteiger partial charge in [-0.25, -0.2) is 0 Å².